The molecule has 0 spiro atoms. The molecular formula is C12H15N3O3. The van der Waals surface area contributed by atoms with Crippen molar-refractivity contribution in [2.75, 3.05) is 13.1 Å². The van der Waals surface area contributed by atoms with Gasteiger partial charge in [0.15, 0.2) is 0 Å². The molecule has 2 rings (SSSR count). The highest BCUT2D eigenvalue weighted by atomic mass is 16.4. The molecule has 6 heteroatoms. The van der Waals surface area contributed by atoms with Crippen molar-refractivity contribution >= 4 is 11.9 Å². The van der Waals surface area contributed by atoms with E-state index in [1.165, 1.54) is 12.4 Å². The summed E-state index contributed by atoms with van der Waals surface area (Å²) in [7, 11) is 0. The fraction of sp³-hybridized carbons (Fsp3) is 0.500. The number of piperidine rings is 1. The summed E-state index contributed by atoms with van der Waals surface area (Å²) in [6, 6.07) is 0. The Labute approximate surface area is 105 Å². The Morgan fingerprint density at radius 2 is 2.06 bits per heavy atom. The molecule has 1 aromatic rings. The Hall–Kier alpha value is -1.98. The van der Waals surface area contributed by atoms with Gasteiger partial charge in [0.25, 0.3) is 5.91 Å². The van der Waals surface area contributed by atoms with Crippen LogP contribution in [0.15, 0.2) is 12.4 Å². The molecule has 1 atom stereocenters. The maximum atomic E-state index is 12.1. The first kappa shape index (κ1) is 12.5. The molecular weight excluding hydrogens is 234 g/mol. The third-order valence-electron chi connectivity index (χ3n) is 3.09. The lowest BCUT2D eigenvalue weighted by Crippen LogP contribution is -2.42. The van der Waals surface area contributed by atoms with E-state index >= 15 is 0 Å². The molecule has 1 aromatic heterocycles. The number of carbonyl (C=O) groups is 2. The third-order valence-corrected chi connectivity index (χ3v) is 3.09. The standard InChI is InChI=1S/C12H15N3O3/c1-8-13-5-10(6-14-8)11(16)15-4-2-3-9(7-15)12(17)18/h5-6,9H,2-4,7H2,1H3,(H,17,18). The van der Waals surface area contributed by atoms with Gasteiger partial charge >= 0.3 is 5.97 Å². The molecule has 0 radical (unpaired) electrons. The number of carbonyl (C=O) groups excluding carboxylic acids is 1. The summed E-state index contributed by atoms with van der Waals surface area (Å²) in [5.41, 5.74) is 0.409. The maximum Gasteiger partial charge on any atom is 0.308 e. The molecule has 0 aromatic carbocycles. The first-order valence-corrected chi connectivity index (χ1v) is 5.88. The van der Waals surface area contributed by atoms with Crippen LogP contribution in [0.25, 0.3) is 0 Å². The molecule has 1 aliphatic heterocycles. The van der Waals surface area contributed by atoms with Crippen molar-refractivity contribution in [3.8, 4) is 0 Å². The van der Waals surface area contributed by atoms with Gasteiger partial charge in [-0.3, -0.25) is 9.59 Å². The summed E-state index contributed by atoms with van der Waals surface area (Å²) in [5.74, 6) is -0.892. The van der Waals surface area contributed by atoms with Gasteiger partial charge in [-0.25, -0.2) is 9.97 Å². The van der Waals surface area contributed by atoms with Gasteiger partial charge in [0.2, 0.25) is 0 Å². The van der Waals surface area contributed by atoms with Crippen LogP contribution in [-0.2, 0) is 4.79 Å². The van der Waals surface area contributed by atoms with Gasteiger partial charge in [0.05, 0.1) is 11.5 Å². The minimum Gasteiger partial charge on any atom is -0.481 e. The molecule has 1 saturated heterocycles. The molecule has 1 amide bonds. The first-order chi connectivity index (χ1) is 8.58. The molecule has 1 N–H and O–H groups in total. The Kier molecular flexibility index (Phi) is 3.55. The monoisotopic (exact) mass is 249 g/mol. The predicted octanol–water partition coefficient (Wildman–Crippen LogP) is 0.722. The van der Waals surface area contributed by atoms with Crippen molar-refractivity contribution in [3.63, 3.8) is 0 Å². The number of carboxylic acid groups (broad SMARTS) is 1. The summed E-state index contributed by atoms with van der Waals surface area (Å²) in [6.45, 7) is 2.61. The lowest BCUT2D eigenvalue weighted by Gasteiger charge is -2.30. The van der Waals surface area contributed by atoms with Crippen LogP contribution < -0.4 is 0 Å². The normalized spacial score (nSPS) is 19.6. The molecule has 0 saturated carbocycles. The van der Waals surface area contributed by atoms with Crippen LogP contribution in [0.3, 0.4) is 0 Å². The highest BCUT2D eigenvalue weighted by Crippen LogP contribution is 2.18. The summed E-state index contributed by atoms with van der Waals surface area (Å²) in [4.78, 5) is 32.6. The molecule has 18 heavy (non-hydrogen) atoms. The highest BCUT2D eigenvalue weighted by Gasteiger charge is 2.28. The van der Waals surface area contributed by atoms with Crippen LogP contribution in [-0.4, -0.2) is 44.9 Å². The van der Waals surface area contributed by atoms with Crippen LogP contribution in [0.2, 0.25) is 0 Å². The van der Waals surface area contributed by atoms with Gasteiger partial charge in [-0.1, -0.05) is 0 Å². The first-order valence-electron chi connectivity index (χ1n) is 5.88. The number of aromatic nitrogens is 2. The lowest BCUT2D eigenvalue weighted by molar-refractivity contribution is -0.143. The number of aryl methyl sites for hydroxylation is 1. The number of nitrogens with zero attached hydrogens (tertiary/aromatic N) is 3. The highest BCUT2D eigenvalue weighted by molar-refractivity contribution is 5.94. The lowest BCUT2D eigenvalue weighted by atomic mass is 9.98. The number of carboxylic acids is 1. The minimum absolute atomic E-state index is 0.194. The number of rotatable bonds is 2. The van der Waals surface area contributed by atoms with Gasteiger partial charge in [-0.05, 0) is 19.8 Å². The smallest absolute Gasteiger partial charge is 0.308 e. The van der Waals surface area contributed by atoms with Gasteiger partial charge in [0, 0.05) is 25.5 Å². The third kappa shape index (κ3) is 2.64. The van der Waals surface area contributed by atoms with Crippen LogP contribution in [0.5, 0.6) is 0 Å². The fourth-order valence-corrected chi connectivity index (χ4v) is 2.05. The van der Waals surface area contributed by atoms with Crippen LogP contribution in [0.1, 0.15) is 29.0 Å². The largest absolute Gasteiger partial charge is 0.481 e. The maximum absolute atomic E-state index is 12.1. The van der Waals surface area contributed by atoms with Crippen LogP contribution >= 0.6 is 0 Å². The van der Waals surface area contributed by atoms with Crippen molar-refractivity contribution in [1.29, 1.82) is 0 Å². The average Bonchev–Trinajstić information content (AvgIpc) is 2.39. The van der Waals surface area contributed by atoms with E-state index in [1.54, 1.807) is 11.8 Å². The number of amides is 1. The molecule has 0 aliphatic carbocycles. The van der Waals surface area contributed by atoms with E-state index in [0.29, 0.717) is 24.4 Å². The Morgan fingerprint density at radius 1 is 1.39 bits per heavy atom. The molecule has 6 nitrogen and oxygen atoms in total. The zero-order chi connectivity index (χ0) is 13.1. The Balaban J connectivity index is 2.09. The van der Waals surface area contributed by atoms with Gasteiger partial charge in [-0.2, -0.15) is 0 Å². The molecule has 2 heterocycles. The zero-order valence-corrected chi connectivity index (χ0v) is 10.2. The van der Waals surface area contributed by atoms with E-state index in [9.17, 15) is 9.59 Å². The SMILES string of the molecule is Cc1ncc(C(=O)N2CCCC(C(=O)O)C2)cn1. The predicted molar refractivity (Wildman–Crippen MR) is 63.0 cm³/mol. The summed E-state index contributed by atoms with van der Waals surface area (Å²) in [5, 5.41) is 8.98. The van der Waals surface area contributed by atoms with Crippen LogP contribution in [0.4, 0.5) is 0 Å². The van der Waals surface area contributed by atoms with E-state index < -0.39 is 11.9 Å². The van der Waals surface area contributed by atoms with E-state index in [1.807, 2.05) is 0 Å². The summed E-state index contributed by atoms with van der Waals surface area (Å²) in [6.07, 6.45) is 4.31. The van der Waals surface area contributed by atoms with Crippen molar-refractivity contribution in [1.82, 2.24) is 14.9 Å². The quantitative estimate of drug-likeness (QED) is 0.835. The van der Waals surface area contributed by atoms with Gasteiger partial charge in [0.1, 0.15) is 5.82 Å². The summed E-state index contributed by atoms with van der Waals surface area (Å²) >= 11 is 0. The number of likely N-dealkylation sites (tertiary alicyclic amines) is 1. The number of aliphatic carboxylic acids is 1. The zero-order valence-electron chi connectivity index (χ0n) is 10.2. The number of hydrogen-bond donors (Lipinski definition) is 1. The summed E-state index contributed by atoms with van der Waals surface area (Å²) < 4.78 is 0. The topological polar surface area (TPSA) is 83.4 Å². The Bertz CT molecular complexity index is 458. The van der Waals surface area contributed by atoms with E-state index in [2.05, 4.69) is 9.97 Å². The fourth-order valence-electron chi connectivity index (χ4n) is 2.05. The van der Waals surface area contributed by atoms with Crippen molar-refractivity contribution < 1.29 is 14.7 Å². The van der Waals surface area contributed by atoms with Gasteiger partial charge < -0.3 is 10.0 Å². The van der Waals surface area contributed by atoms with Crippen molar-refractivity contribution in [2.45, 2.75) is 19.8 Å². The second-order valence-electron chi connectivity index (χ2n) is 4.45. The average molecular weight is 249 g/mol. The van der Waals surface area contributed by atoms with Gasteiger partial charge in [-0.15, -0.1) is 0 Å². The van der Waals surface area contributed by atoms with Crippen LogP contribution in [0, 0.1) is 12.8 Å². The molecule has 0 bridgehead atoms. The second-order valence-corrected chi connectivity index (χ2v) is 4.45. The molecule has 1 aliphatic rings. The number of hydrogen-bond acceptors (Lipinski definition) is 4. The molecule has 1 fully saturated rings. The molecule has 96 valence electrons. The second kappa shape index (κ2) is 5.12. The minimum atomic E-state index is -0.840. The van der Waals surface area contributed by atoms with E-state index in [-0.39, 0.29) is 12.5 Å². The Morgan fingerprint density at radius 3 is 2.67 bits per heavy atom. The van der Waals surface area contributed by atoms with E-state index in [0.717, 1.165) is 6.42 Å². The van der Waals surface area contributed by atoms with Crippen molar-refractivity contribution in [3.05, 3.63) is 23.8 Å². The molecule has 1 unspecified atom stereocenters. The van der Waals surface area contributed by atoms with Crippen molar-refractivity contribution in [2.24, 2.45) is 5.92 Å². The van der Waals surface area contributed by atoms with E-state index in [4.69, 9.17) is 5.11 Å².